The molecule has 1 aromatic rings. The second kappa shape index (κ2) is 7.00. The Balaban J connectivity index is 2.06. The van der Waals surface area contributed by atoms with Gasteiger partial charge in [-0.15, -0.1) is 0 Å². The summed E-state index contributed by atoms with van der Waals surface area (Å²) in [6.45, 7) is 0.156. The van der Waals surface area contributed by atoms with Gasteiger partial charge in [-0.3, -0.25) is 10.1 Å². The minimum atomic E-state index is -4.69. The first-order valence-electron chi connectivity index (χ1n) is 7.68. The molecular formula is C14H18F3N3O5S. The van der Waals surface area contributed by atoms with Gasteiger partial charge in [-0.05, 0) is 43.7 Å². The number of nitrogens with one attached hydrogen (secondary N) is 1. The van der Waals surface area contributed by atoms with Crippen LogP contribution in [0.4, 0.5) is 24.5 Å². The molecule has 1 saturated carbocycles. The van der Waals surface area contributed by atoms with E-state index in [1.807, 2.05) is 0 Å². The molecule has 0 bridgehead atoms. The Morgan fingerprint density at radius 1 is 1.35 bits per heavy atom. The van der Waals surface area contributed by atoms with Crippen LogP contribution in [0.5, 0.6) is 0 Å². The minimum absolute atomic E-state index is 0.0408. The van der Waals surface area contributed by atoms with E-state index in [1.165, 1.54) is 6.07 Å². The summed E-state index contributed by atoms with van der Waals surface area (Å²) in [6.07, 6.45) is -5.35. The van der Waals surface area contributed by atoms with Crippen LogP contribution in [-0.4, -0.2) is 36.8 Å². The van der Waals surface area contributed by atoms with Gasteiger partial charge in [-0.1, -0.05) is 0 Å². The van der Waals surface area contributed by atoms with Gasteiger partial charge >= 0.3 is 6.18 Å². The summed E-state index contributed by atoms with van der Waals surface area (Å²) in [5.41, 5.74) is -3.15. The van der Waals surface area contributed by atoms with Crippen molar-refractivity contribution in [1.82, 2.24) is 0 Å². The van der Waals surface area contributed by atoms with Crippen molar-refractivity contribution in [1.29, 1.82) is 0 Å². The Hall–Kier alpha value is -1.92. The fourth-order valence-electron chi connectivity index (χ4n) is 2.89. The standard InChI is InChI=1S/C14H18F3N3O5S/c15-14(16,17)13(21)5-3-9(4-6-13)8-19-11-2-1-10(26(18,24)25)7-12(11)20(22)23/h1-2,7,9,19,21H,3-6,8H2,(H2,18,24,25)/t9-,13-. The van der Waals surface area contributed by atoms with Crippen molar-refractivity contribution in [3.63, 3.8) is 0 Å². The molecule has 0 radical (unpaired) electrons. The van der Waals surface area contributed by atoms with E-state index in [0.717, 1.165) is 12.1 Å². The third-order valence-corrected chi connectivity index (χ3v) is 5.45. The highest BCUT2D eigenvalue weighted by Crippen LogP contribution is 2.43. The largest absolute Gasteiger partial charge is 0.417 e. The number of benzene rings is 1. The molecule has 0 saturated heterocycles. The highest BCUT2D eigenvalue weighted by molar-refractivity contribution is 7.89. The number of hydrogen-bond acceptors (Lipinski definition) is 6. The smallest absolute Gasteiger partial charge is 0.380 e. The van der Waals surface area contributed by atoms with E-state index in [1.54, 1.807) is 0 Å². The molecule has 0 amide bonds. The van der Waals surface area contributed by atoms with Crippen LogP contribution in [0.25, 0.3) is 0 Å². The normalized spacial score (nSPS) is 24.3. The molecule has 1 fully saturated rings. The molecule has 2 rings (SSSR count). The number of anilines is 1. The van der Waals surface area contributed by atoms with Gasteiger partial charge in [0.25, 0.3) is 5.69 Å². The lowest BCUT2D eigenvalue weighted by Crippen LogP contribution is -2.48. The number of halogens is 3. The zero-order valence-electron chi connectivity index (χ0n) is 13.5. The average Bonchev–Trinajstić information content (AvgIpc) is 2.52. The first-order valence-corrected chi connectivity index (χ1v) is 9.22. The number of nitro groups is 1. The lowest BCUT2D eigenvalue weighted by Gasteiger charge is -2.37. The third kappa shape index (κ3) is 4.43. The molecule has 0 unspecified atom stereocenters. The lowest BCUT2D eigenvalue weighted by molar-refractivity contribution is -0.384. The molecular weight excluding hydrogens is 379 g/mol. The summed E-state index contributed by atoms with van der Waals surface area (Å²) in [7, 11) is -4.10. The highest BCUT2D eigenvalue weighted by Gasteiger charge is 2.54. The van der Waals surface area contributed by atoms with Crippen molar-refractivity contribution in [3.05, 3.63) is 28.3 Å². The van der Waals surface area contributed by atoms with Crippen LogP contribution in [0.2, 0.25) is 0 Å². The van der Waals surface area contributed by atoms with Crippen LogP contribution in [0, 0.1) is 16.0 Å². The molecule has 0 atom stereocenters. The summed E-state index contributed by atoms with van der Waals surface area (Å²) in [4.78, 5) is 9.93. The van der Waals surface area contributed by atoms with E-state index in [4.69, 9.17) is 5.14 Å². The van der Waals surface area contributed by atoms with Crippen LogP contribution in [0.1, 0.15) is 25.7 Å². The molecule has 4 N–H and O–H groups in total. The van der Waals surface area contributed by atoms with Crippen molar-refractivity contribution < 1.29 is 31.6 Å². The number of nitro benzene ring substituents is 1. The van der Waals surface area contributed by atoms with Gasteiger partial charge in [0.2, 0.25) is 10.0 Å². The van der Waals surface area contributed by atoms with E-state index < -0.39 is 50.1 Å². The Morgan fingerprint density at radius 2 is 1.92 bits per heavy atom. The maximum atomic E-state index is 12.8. The molecule has 146 valence electrons. The van der Waals surface area contributed by atoms with E-state index in [2.05, 4.69) is 5.32 Å². The molecule has 26 heavy (non-hydrogen) atoms. The molecule has 1 aromatic carbocycles. The van der Waals surface area contributed by atoms with Crippen molar-refractivity contribution in [2.24, 2.45) is 11.1 Å². The number of hydrogen-bond donors (Lipinski definition) is 3. The molecule has 8 nitrogen and oxygen atoms in total. The summed E-state index contributed by atoms with van der Waals surface area (Å²) in [6, 6.07) is 3.11. The lowest BCUT2D eigenvalue weighted by atomic mass is 9.78. The number of primary sulfonamides is 1. The van der Waals surface area contributed by atoms with Gasteiger partial charge in [0.15, 0.2) is 5.60 Å². The van der Waals surface area contributed by atoms with Crippen LogP contribution in [0.3, 0.4) is 0 Å². The van der Waals surface area contributed by atoms with Crippen LogP contribution in [0.15, 0.2) is 23.1 Å². The fourth-order valence-corrected chi connectivity index (χ4v) is 3.42. The monoisotopic (exact) mass is 397 g/mol. The second-order valence-electron chi connectivity index (χ2n) is 6.33. The van der Waals surface area contributed by atoms with Crippen molar-refractivity contribution >= 4 is 21.4 Å². The first kappa shape index (κ1) is 20.4. The number of alkyl halides is 3. The van der Waals surface area contributed by atoms with Crippen LogP contribution >= 0.6 is 0 Å². The molecule has 1 aliphatic carbocycles. The fraction of sp³-hybridized carbons (Fsp3) is 0.571. The molecule has 0 spiro atoms. The van der Waals surface area contributed by atoms with Gasteiger partial charge in [0.1, 0.15) is 5.69 Å². The zero-order chi connectivity index (χ0) is 19.8. The van der Waals surface area contributed by atoms with Gasteiger partial charge in [0.05, 0.1) is 9.82 Å². The molecule has 0 aliphatic heterocycles. The van der Waals surface area contributed by atoms with Crippen molar-refractivity contribution in [3.8, 4) is 0 Å². The molecule has 0 heterocycles. The van der Waals surface area contributed by atoms with Gasteiger partial charge in [-0.25, -0.2) is 13.6 Å². The number of nitrogens with two attached hydrogens (primary N) is 1. The summed E-state index contributed by atoms with van der Waals surface area (Å²) in [5, 5.41) is 28.5. The van der Waals surface area contributed by atoms with E-state index in [0.29, 0.717) is 0 Å². The maximum Gasteiger partial charge on any atom is 0.417 e. The first-order chi connectivity index (χ1) is 11.8. The Kier molecular flexibility index (Phi) is 5.49. The van der Waals surface area contributed by atoms with E-state index in [9.17, 15) is 36.8 Å². The van der Waals surface area contributed by atoms with Gasteiger partial charge < -0.3 is 10.4 Å². The Labute approximate surface area is 147 Å². The quantitative estimate of drug-likeness (QED) is 0.514. The Morgan fingerprint density at radius 3 is 2.38 bits per heavy atom. The number of rotatable bonds is 5. The number of sulfonamides is 1. The van der Waals surface area contributed by atoms with Crippen molar-refractivity contribution in [2.75, 3.05) is 11.9 Å². The van der Waals surface area contributed by atoms with Crippen LogP contribution in [-0.2, 0) is 10.0 Å². The maximum absolute atomic E-state index is 12.8. The zero-order valence-corrected chi connectivity index (χ0v) is 14.3. The Bertz CT molecular complexity index is 790. The topological polar surface area (TPSA) is 136 Å². The molecule has 1 aliphatic rings. The van der Waals surface area contributed by atoms with Crippen LogP contribution < -0.4 is 10.5 Å². The molecule has 0 aromatic heterocycles. The second-order valence-corrected chi connectivity index (χ2v) is 7.90. The predicted octanol–water partition coefficient (Wildman–Crippen LogP) is 2.14. The minimum Gasteiger partial charge on any atom is -0.380 e. The van der Waals surface area contributed by atoms with Gasteiger partial charge in [-0.2, -0.15) is 13.2 Å². The molecule has 12 heteroatoms. The summed E-state index contributed by atoms with van der Waals surface area (Å²) < 4.78 is 60.9. The third-order valence-electron chi connectivity index (χ3n) is 4.54. The van der Waals surface area contributed by atoms with Crippen molar-refractivity contribution in [2.45, 2.75) is 42.4 Å². The van der Waals surface area contributed by atoms with E-state index >= 15 is 0 Å². The average molecular weight is 397 g/mol. The highest BCUT2D eigenvalue weighted by atomic mass is 32.2. The number of aliphatic hydroxyl groups is 1. The predicted molar refractivity (Wildman–Crippen MR) is 85.9 cm³/mol. The van der Waals surface area contributed by atoms with Gasteiger partial charge in [0, 0.05) is 12.6 Å². The SMILES string of the molecule is NS(=O)(=O)c1ccc(NC[C@H]2CC[C@@](O)(C(F)(F)F)CC2)c([N+](=O)[O-])c1. The summed E-state index contributed by atoms with van der Waals surface area (Å²) in [5.74, 6) is -0.213. The summed E-state index contributed by atoms with van der Waals surface area (Å²) >= 11 is 0. The van der Waals surface area contributed by atoms with E-state index in [-0.39, 0.29) is 31.0 Å². The number of nitrogens with zero attached hydrogens (tertiary/aromatic N) is 1.